The number of rotatable bonds is 5. The Labute approximate surface area is 237 Å². The van der Waals surface area contributed by atoms with Gasteiger partial charge in [0.1, 0.15) is 6.61 Å². The van der Waals surface area contributed by atoms with E-state index in [2.05, 4.69) is 10.1 Å². The van der Waals surface area contributed by atoms with Gasteiger partial charge < -0.3 is 22.4 Å². The monoisotopic (exact) mass is 493 g/mol. The van der Waals surface area contributed by atoms with Gasteiger partial charge in [-0.05, 0) is 35.2 Å². The van der Waals surface area contributed by atoms with E-state index in [0.717, 1.165) is 41.5 Å². The fourth-order valence-electron chi connectivity index (χ4n) is 4.19. The van der Waals surface area contributed by atoms with Crippen LogP contribution in [0.5, 0.6) is 0 Å². The normalized spacial score (nSPS) is 12.3. The first-order chi connectivity index (χ1) is 15.7. The summed E-state index contributed by atoms with van der Waals surface area (Å²) in [6.07, 6.45) is -0.914. The number of methoxy groups -OCH3 is 1. The topological polar surface area (TPSA) is 64.6 Å². The third-order valence-corrected chi connectivity index (χ3v) is 5.80. The number of fused-ring (bicyclic) bond motifs is 3. The van der Waals surface area contributed by atoms with Crippen LogP contribution in [-0.2, 0) is 9.47 Å². The summed E-state index contributed by atoms with van der Waals surface area (Å²) in [5.74, 6) is -1.13. The van der Waals surface area contributed by atoms with Crippen molar-refractivity contribution in [3.63, 3.8) is 0 Å². The van der Waals surface area contributed by atoms with E-state index in [4.69, 9.17) is 4.74 Å². The number of esters is 1. The summed E-state index contributed by atoms with van der Waals surface area (Å²) in [5, 5.41) is 2.36. The molecule has 0 atom stereocenters. The van der Waals surface area contributed by atoms with Crippen molar-refractivity contribution in [2.45, 2.75) is 12.8 Å². The van der Waals surface area contributed by atoms with Crippen LogP contribution in [0.1, 0.15) is 33.0 Å². The molecular formula is C24H20BF3KNO4. The van der Waals surface area contributed by atoms with Gasteiger partial charge in [0.05, 0.1) is 12.7 Å². The van der Waals surface area contributed by atoms with Gasteiger partial charge in [0.25, 0.3) is 0 Å². The van der Waals surface area contributed by atoms with Gasteiger partial charge in [-0.2, -0.15) is 0 Å². The smallest absolute Gasteiger partial charge is 0.465 e. The van der Waals surface area contributed by atoms with Crippen molar-refractivity contribution in [2.75, 3.05) is 19.0 Å². The standard InChI is InChI=1S/C24H20BF3NO4.K/c1-14-21(25(26,27)28)11-15(23(30)32-2)12-22(14)29-24(31)33-13-20-18-9-5-3-7-16(18)17-8-4-6-10-19(17)20;/h3-12,20H,13H2,1-2H3,(H,29,31);/q-1;+1. The molecule has 1 amide bonds. The van der Waals surface area contributed by atoms with Gasteiger partial charge in [0, 0.05) is 11.6 Å². The number of carbonyl (C=O) groups is 2. The predicted molar refractivity (Wildman–Crippen MR) is 120 cm³/mol. The maximum atomic E-state index is 13.5. The Morgan fingerprint density at radius 1 is 0.971 bits per heavy atom. The molecule has 0 saturated carbocycles. The molecule has 3 aromatic carbocycles. The number of hydrogen-bond acceptors (Lipinski definition) is 4. The van der Waals surface area contributed by atoms with Crippen LogP contribution in [0.4, 0.5) is 23.4 Å². The summed E-state index contributed by atoms with van der Waals surface area (Å²) in [4.78, 5) is 24.4. The predicted octanol–water partition coefficient (Wildman–Crippen LogP) is 2.20. The van der Waals surface area contributed by atoms with Gasteiger partial charge in [0.15, 0.2) is 0 Å². The molecule has 1 N–H and O–H groups in total. The van der Waals surface area contributed by atoms with Crippen LogP contribution in [0.2, 0.25) is 0 Å². The Hall–Kier alpha value is -2.11. The first kappa shape index (κ1) is 26.5. The van der Waals surface area contributed by atoms with Gasteiger partial charge >= 0.3 is 70.4 Å². The van der Waals surface area contributed by atoms with Gasteiger partial charge in [-0.15, -0.1) is 5.46 Å². The summed E-state index contributed by atoms with van der Waals surface area (Å²) in [6.45, 7) is -4.18. The largest absolute Gasteiger partial charge is 1.00 e. The van der Waals surface area contributed by atoms with E-state index < -0.39 is 24.5 Å². The van der Waals surface area contributed by atoms with Crippen LogP contribution in [0.25, 0.3) is 11.1 Å². The van der Waals surface area contributed by atoms with Crippen LogP contribution >= 0.6 is 0 Å². The molecule has 5 nitrogen and oxygen atoms in total. The first-order valence-corrected chi connectivity index (χ1v) is 10.3. The van der Waals surface area contributed by atoms with Crippen molar-refractivity contribution >= 4 is 30.2 Å². The second kappa shape index (κ2) is 10.7. The number of amides is 1. The molecule has 10 heteroatoms. The maximum Gasteiger partial charge on any atom is 1.00 e. The fourth-order valence-corrected chi connectivity index (χ4v) is 4.19. The SMILES string of the molecule is COC(=O)c1cc(NC(=O)OCC2c3ccccc3-c3ccccc32)c(C)c([B-](F)(F)F)c1.[K+]. The summed E-state index contributed by atoms with van der Waals surface area (Å²) in [6, 6.07) is 17.5. The van der Waals surface area contributed by atoms with E-state index in [-0.39, 0.29) is 80.7 Å². The average molecular weight is 493 g/mol. The van der Waals surface area contributed by atoms with Gasteiger partial charge in [-0.3, -0.25) is 5.32 Å². The van der Waals surface area contributed by atoms with Crippen molar-refractivity contribution in [1.29, 1.82) is 0 Å². The zero-order valence-corrected chi connectivity index (χ0v) is 22.0. The molecular weight excluding hydrogens is 473 g/mol. The van der Waals surface area contributed by atoms with Gasteiger partial charge in [0.2, 0.25) is 0 Å². The molecule has 1 aliphatic carbocycles. The number of hydrogen-bond donors (Lipinski definition) is 1. The van der Waals surface area contributed by atoms with Crippen LogP contribution in [0, 0.1) is 6.92 Å². The molecule has 170 valence electrons. The van der Waals surface area contributed by atoms with Crippen molar-refractivity contribution in [2.24, 2.45) is 0 Å². The van der Waals surface area contributed by atoms with E-state index in [0.29, 0.717) is 0 Å². The number of benzene rings is 3. The molecule has 0 heterocycles. The molecule has 1 aliphatic rings. The van der Waals surface area contributed by atoms with E-state index in [1.165, 1.54) is 6.92 Å². The molecule has 0 bridgehead atoms. The Balaban J connectivity index is 0.00000324. The number of nitrogens with one attached hydrogen (secondary N) is 1. The summed E-state index contributed by atoms with van der Waals surface area (Å²) in [5.41, 5.74) is 2.47. The Bertz CT molecular complexity index is 1200. The minimum Gasteiger partial charge on any atom is -0.465 e. The average Bonchev–Trinajstić information content (AvgIpc) is 3.11. The van der Waals surface area contributed by atoms with Crippen molar-refractivity contribution in [3.05, 3.63) is 82.9 Å². The van der Waals surface area contributed by atoms with Gasteiger partial charge in [-0.25, -0.2) is 9.59 Å². The van der Waals surface area contributed by atoms with E-state index in [1.54, 1.807) is 0 Å². The van der Waals surface area contributed by atoms with Crippen LogP contribution in [0.15, 0.2) is 60.7 Å². The maximum absolute atomic E-state index is 13.5. The molecule has 0 unspecified atom stereocenters. The first-order valence-electron chi connectivity index (χ1n) is 10.3. The Morgan fingerprint density at radius 2 is 1.53 bits per heavy atom. The number of carbonyl (C=O) groups excluding carboxylic acids is 2. The third-order valence-electron chi connectivity index (χ3n) is 5.80. The van der Waals surface area contributed by atoms with Crippen LogP contribution in [0.3, 0.4) is 0 Å². The summed E-state index contributed by atoms with van der Waals surface area (Å²) in [7, 11) is 1.07. The van der Waals surface area contributed by atoms with E-state index in [9.17, 15) is 22.5 Å². The van der Waals surface area contributed by atoms with Crippen LogP contribution in [-0.4, -0.2) is 32.8 Å². The molecule has 34 heavy (non-hydrogen) atoms. The molecule has 0 spiro atoms. The zero-order valence-electron chi connectivity index (χ0n) is 18.9. The molecule has 3 aromatic rings. The summed E-state index contributed by atoms with van der Waals surface area (Å²) < 4.78 is 50.5. The Morgan fingerprint density at radius 3 is 2.06 bits per heavy atom. The molecule has 0 fully saturated rings. The van der Waals surface area contributed by atoms with Crippen LogP contribution < -0.4 is 62.2 Å². The second-order valence-corrected chi connectivity index (χ2v) is 7.75. The summed E-state index contributed by atoms with van der Waals surface area (Å²) >= 11 is 0. The van der Waals surface area contributed by atoms with Crippen molar-refractivity contribution in [1.82, 2.24) is 0 Å². The Kier molecular flexibility index (Phi) is 8.30. The van der Waals surface area contributed by atoms with Gasteiger partial charge in [-0.1, -0.05) is 60.2 Å². The zero-order chi connectivity index (χ0) is 23.8. The molecule has 0 radical (unpaired) electrons. The van der Waals surface area contributed by atoms with E-state index in [1.807, 2.05) is 48.5 Å². The molecule has 4 rings (SSSR count). The minimum absolute atomic E-state index is 0. The van der Waals surface area contributed by atoms with E-state index >= 15 is 0 Å². The fraction of sp³-hybridized carbons (Fsp3) is 0.167. The van der Waals surface area contributed by atoms with Crippen molar-refractivity contribution < 1.29 is 83.4 Å². The van der Waals surface area contributed by atoms with Crippen molar-refractivity contribution in [3.8, 4) is 11.1 Å². The number of ether oxygens (including phenoxy) is 2. The second-order valence-electron chi connectivity index (χ2n) is 7.75. The molecule has 0 aliphatic heterocycles. The molecule has 0 saturated heterocycles. The molecule has 0 aromatic heterocycles. The minimum atomic E-state index is -5.42. The third kappa shape index (κ3) is 5.26. The number of anilines is 1. The number of halogens is 3. The quantitative estimate of drug-likeness (QED) is 0.438.